The molecule has 1 aliphatic rings. The number of amides is 3. The standard InChI is InChI=1S/C20H26I3N3O6/c1-5-11-7-26(20(3,4)32-11)19(31)13-14(21)12(18(30)24-6-10(29)8-27)15(22)17(16(13)23)25-9(2)28/h10-11,27,29H,5-8H2,1-4H3,(H,24,30)(H,25,28). The quantitative estimate of drug-likeness (QED) is 0.315. The number of carbonyl (C=O) groups is 3. The van der Waals surface area contributed by atoms with Crippen LogP contribution in [0.15, 0.2) is 0 Å². The number of halogens is 3. The van der Waals surface area contributed by atoms with E-state index in [1.165, 1.54) is 6.92 Å². The van der Waals surface area contributed by atoms with Crippen molar-refractivity contribution >= 4 is 91.2 Å². The molecule has 1 fully saturated rings. The lowest BCUT2D eigenvalue weighted by molar-refractivity contribution is -0.114. The first-order valence-corrected chi connectivity index (χ1v) is 13.1. The molecule has 0 radical (unpaired) electrons. The third-order valence-electron chi connectivity index (χ3n) is 4.96. The number of anilines is 1. The lowest BCUT2D eigenvalue weighted by Gasteiger charge is -2.31. The van der Waals surface area contributed by atoms with E-state index >= 15 is 0 Å². The van der Waals surface area contributed by atoms with E-state index in [1.807, 2.05) is 88.5 Å². The number of hydrogen-bond donors (Lipinski definition) is 4. The monoisotopic (exact) mass is 785 g/mol. The van der Waals surface area contributed by atoms with Crippen molar-refractivity contribution in [3.05, 3.63) is 21.8 Å². The number of nitrogens with zero attached hydrogens (tertiary/aromatic N) is 1. The summed E-state index contributed by atoms with van der Waals surface area (Å²) in [4.78, 5) is 40.2. The van der Waals surface area contributed by atoms with Crippen LogP contribution >= 0.6 is 67.8 Å². The fraction of sp³-hybridized carbons (Fsp3) is 0.550. The molecule has 3 amide bonds. The van der Waals surface area contributed by atoms with Crippen LogP contribution in [0.1, 0.15) is 54.8 Å². The van der Waals surface area contributed by atoms with Crippen LogP contribution in [0.4, 0.5) is 5.69 Å². The van der Waals surface area contributed by atoms with Gasteiger partial charge in [0.25, 0.3) is 11.8 Å². The number of aliphatic hydroxyl groups is 2. The van der Waals surface area contributed by atoms with Crippen molar-refractivity contribution < 1.29 is 29.3 Å². The van der Waals surface area contributed by atoms with Gasteiger partial charge in [0.15, 0.2) is 0 Å². The first-order chi connectivity index (χ1) is 14.8. The topological polar surface area (TPSA) is 128 Å². The molecule has 0 aromatic heterocycles. The molecule has 2 rings (SSSR count). The number of hydrogen-bond acceptors (Lipinski definition) is 6. The van der Waals surface area contributed by atoms with E-state index in [0.717, 1.165) is 6.42 Å². The van der Waals surface area contributed by atoms with Crippen LogP contribution in [0.2, 0.25) is 0 Å². The molecule has 32 heavy (non-hydrogen) atoms. The molecule has 1 heterocycles. The van der Waals surface area contributed by atoms with Crippen molar-refractivity contribution in [3.63, 3.8) is 0 Å². The third kappa shape index (κ3) is 6.03. The van der Waals surface area contributed by atoms with E-state index in [4.69, 9.17) is 9.84 Å². The lowest BCUT2D eigenvalue weighted by atomic mass is 10.1. The van der Waals surface area contributed by atoms with Gasteiger partial charge in [-0.25, -0.2) is 0 Å². The summed E-state index contributed by atoms with van der Waals surface area (Å²) in [5.41, 5.74) is 0.0696. The second-order valence-electron chi connectivity index (χ2n) is 7.81. The van der Waals surface area contributed by atoms with Crippen molar-refractivity contribution in [1.82, 2.24) is 10.2 Å². The highest BCUT2D eigenvalue weighted by Gasteiger charge is 2.43. The van der Waals surface area contributed by atoms with E-state index in [-0.39, 0.29) is 30.0 Å². The molecule has 1 aromatic rings. The Labute approximate surface area is 227 Å². The van der Waals surface area contributed by atoms with Crippen molar-refractivity contribution in [2.45, 2.75) is 52.0 Å². The smallest absolute Gasteiger partial charge is 0.258 e. The third-order valence-corrected chi connectivity index (χ3v) is 8.20. The van der Waals surface area contributed by atoms with E-state index in [9.17, 15) is 19.5 Å². The summed E-state index contributed by atoms with van der Waals surface area (Å²) in [6.07, 6.45) is -0.445. The molecule has 1 saturated heterocycles. The van der Waals surface area contributed by atoms with E-state index in [1.54, 1.807) is 4.90 Å². The van der Waals surface area contributed by atoms with Crippen LogP contribution < -0.4 is 10.6 Å². The van der Waals surface area contributed by atoms with Crippen LogP contribution in [-0.4, -0.2) is 70.5 Å². The van der Waals surface area contributed by atoms with Crippen molar-refractivity contribution in [1.29, 1.82) is 0 Å². The lowest BCUT2D eigenvalue weighted by Crippen LogP contribution is -2.44. The number of aliphatic hydroxyl groups excluding tert-OH is 2. The van der Waals surface area contributed by atoms with Gasteiger partial charge in [-0.15, -0.1) is 0 Å². The Morgan fingerprint density at radius 1 is 1.19 bits per heavy atom. The van der Waals surface area contributed by atoms with Gasteiger partial charge >= 0.3 is 0 Å². The molecule has 4 N–H and O–H groups in total. The highest BCUT2D eigenvalue weighted by atomic mass is 127. The number of rotatable bonds is 7. The molecular formula is C20H26I3N3O6. The summed E-state index contributed by atoms with van der Waals surface area (Å²) >= 11 is 5.95. The minimum Gasteiger partial charge on any atom is -0.394 e. The predicted octanol–water partition coefficient (Wildman–Crippen LogP) is 2.53. The Kier molecular flexibility index (Phi) is 9.97. The van der Waals surface area contributed by atoms with Gasteiger partial charge in [-0.2, -0.15) is 0 Å². The summed E-state index contributed by atoms with van der Waals surface area (Å²) in [5, 5.41) is 23.9. The number of carbonyl (C=O) groups excluding carboxylic acids is 3. The molecule has 2 unspecified atom stereocenters. The molecule has 0 bridgehead atoms. The van der Waals surface area contributed by atoms with Gasteiger partial charge in [0, 0.05) is 17.0 Å². The second-order valence-corrected chi connectivity index (χ2v) is 11.0. The van der Waals surface area contributed by atoms with Crippen molar-refractivity contribution in [2.24, 2.45) is 0 Å². The predicted molar refractivity (Wildman–Crippen MR) is 145 cm³/mol. The number of nitrogens with one attached hydrogen (secondary N) is 2. The number of benzene rings is 1. The van der Waals surface area contributed by atoms with Gasteiger partial charge < -0.3 is 30.5 Å². The molecule has 0 saturated carbocycles. The summed E-state index contributed by atoms with van der Waals surface area (Å²) in [5.74, 6) is -1.16. The zero-order valence-electron chi connectivity index (χ0n) is 18.1. The highest BCUT2D eigenvalue weighted by Crippen LogP contribution is 2.38. The molecule has 178 valence electrons. The van der Waals surface area contributed by atoms with Crippen molar-refractivity contribution in [3.8, 4) is 0 Å². The minimum absolute atomic E-state index is 0.0920. The summed E-state index contributed by atoms with van der Waals surface area (Å²) in [6.45, 7) is 6.76. The Bertz CT molecular complexity index is 925. The van der Waals surface area contributed by atoms with Gasteiger partial charge in [-0.3, -0.25) is 14.4 Å². The van der Waals surface area contributed by atoms with Crippen molar-refractivity contribution in [2.75, 3.05) is 25.0 Å². The normalized spacial score (nSPS) is 18.4. The maximum absolute atomic E-state index is 13.7. The molecule has 0 spiro atoms. The Hall–Kier alpha value is -0.300. The fourth-order valence-corrected chi connectivity index (χ4v) is 7.69. The maximum Gasteiger partial charge on any atom is 0.258 e. The summed E-state index contributed by atoms with van der Waals surface area (Å²) in [6, 6.07) is 0. The Morgan fingerprint density at radius 3 is 2.28 bits per heavy atom. The Balaban J connectivity index is 2.62. The first kappa shape index (κ1) is 27.9. The molecule has 2 atom stereocenters. The SMILES string of the molecule is CCC1CN(C(=O)c2c(I)c(NC(C)=O)c(I)c(C(=O)NCC(O)CO)c2I)C(C)(C)O1. The zero-order chi connectivity index (χ0) is 24.4. The maximum atomic E-state index is 13.7. The molecule has 0 aliphatic carbocycles. The van der Waals surface area contributed by atoms with Crippen LogP contribution in [-0.2, 0) is 9.53 Å². The van der Waals surface area contributed by atoms with Crippen LogP contribution in [0, 0.1) is 10.7 Å². The van der Waals surface area contributed by atoms with Crippen LogP contribution in [0.25, 0.3) is 0 Å². The summed E-state index contributed by atoms with van der Waals surface area (Å²) in [7, 11) is 0. The van der Waals surface area contributed by atoms with Gasteiger partial charge in [0.1, 0.15) is 5.72 Å². The molecule has 9 nitrogen and oxygen atoms in total. The second kappa shape index (κ2) is 11.4. The zero-order valence-corrected chi connectivity index (χ0v) is 24.6. The first-order valence-electron chi connectivity index (χ1n) is 9.90. The van der Waals surface area contributed by atoms with E-state index in [2.05, 4.69) is 10.6 Å². The fourth-order valence-electron chi connectivity index (χ4n) is 3.31. The average Bonchev–Trinajstić information content (AvgIpc) is 3.03. The van der Waals surface area contributed by atoms with E-state index < -0.39 is 24.3 Å². The molecule has 12 heteroatoms. The van der Waals surface area contributed by atoms with Gasteiger partial charge in [-0.1, -0.05) is 6.92 Å². The van der Waals surface area contributed by atoms with Crippen LogP contribution in [0.3, 0.4) is 0 Å². The van der Waals surface area contributed by atoms with Crippen LogP contribution in [0.5, 0.6) is 0 Å². The number of ether oxygens (including phenoxy) is 1. The largest absolute Gasteiger partial charge is 0.394 e. The Morgan fingerprint density at radius 2 is 1.78 bits per heavy atom. The van der Waals surface area contributed by atoms with Gasteiger partial charge in [0.05, 0.1) is 49.3 Å². The molecular weight excluding hydrogens is 759 g/mol. The van der Waals surface area contributed by atoms with Gasteiger partial charge in [0.2, 0.25) is 5.91 Å². The summed E-state index contributed by atoms with van der Waals surface area (Å²) < 4.78 is 7.44. The van der Waals surface area contributed by atoms with Gasteiger partial charge in [-0.05, 0) is 88.0 Å². The highest BCUT2D eigenvalue weighted by molar-refractivity contribution is 14.1. The average molecular weight is 785 g/mol. The van der Waals surface area contributed by atoms with E-state index in [0.29, 0.717) is 28.5 Å². The molecule has 1 aromatic carbocycles. The minimum atomic E-state index is -1.11. The molecule has 1 aliphatic heterocycles.